The lowest BCUT2D eigenvalue weighted by Gasteiger charge is -2.40. The maximum absolute atomic E-state index is 12.9. The van der Waals surface area contributed by atoms with Gasteiger partial charge in [0.1, 0.15) is 36.8 Å². The number of ether oxygens (including phenoxy) is 4. The molecule has 0 aromatic carbocycles. The third-order valence-corrected chi connectivity index (χ3v) is 12.3. The zero-order chi connectivity index (χ0) is 45.5. The van der Waals surface area contributed by atoms with Crippen molar-refractivity contribution in [1.29, 1.82) is 0 Å². The molecule has 0 spiro atoms. The summed E-state index contributed by atoms with van der Waals surface area (Å²) in [6, 6.07) is 0. The Labute approximate surface area is 377 Å². The summed E-state index contributed by atoms with van der Waals surface area (Å²) in [5, 5.41) is 30.9. The number of carbonyl (C=O) groups is 2. The smallest absolute Gasteiger partial charge is 0.306 e. The van der Waals surface area contributed by atoms with Crippen molar-refractivity contribution >= 4 is 22.1 Å². The second-order valence-corrected chi connectivity index (χ2v) is 19.0. The van der Waals surface area contributed by atoms with E-state index < -0.39 is 71.2 Å². The van der Waals surface area contributed by atoms with Crippen LogP contribution in [0, 0.1) is 0 Å². The molecule has 1 aliphatic heterocycles. The van der Waals surface area contributed by atoms with Gasteiger partial charge in [0.15, 0.2) is 12.4 Å². The van der Waals surface area contributed by atoms with Crippen molar-refractivity contribution in [2.75, 3.05) is 19.0 Å². The molecule has 1 saturated heterocycles. The van der Waals surface area contributed by atoms with Crippen molar-refractivity contribution in [2.45, 2.75) is 256 Å². The van der Waals surface area contributed by atoms with Gasteiger partial charge in [0.25, 0.3) is 10.1 Å². The average molecular weight is 903 g/mol. The fourth-order valence-electron chi connectivity index (χ4n) is 7.65. The molecule has 1 rings (SSSR count). The highest BCUT2D eigenvalue weighted by molar-refractivity contribution is 7.85. The number of aliphatic hydroxyl groups is 3. The molecule has 0 bridgehead atoms. The van der Waals surface area contributed by atoms with Gasteiger partial charge in [-0.3, -0.25) is 14.1 Å². The highest BCUT2D eigenvalue weighted by atomic mass is 32.2. The van der Waals surface area contributed by atoms with Crippen LogP contribution < -0.4 is 0 Å². The molecule has 62 heavy (non-hydrogen) atoms. The third-order valence-electron chi connectivity index (χ3n) is 11.5. The largest absolute Gasteiger partial charge is 0.462 e. The van der Waals surface area contributed by atoms with Gasteiger partial charge in [-0.1, -0.05) is 186 Å². The normalized spacial score (nSPS) is 20.0. The van der Waals surface area contributed by atoms with Crippen LogP contribution in [0.2, 0.25) is 0 Å². The van der Waals surface area contributed by atoms with E-state index in [0.29, 0.717) is 12.8 Å². The first-order valence-corrected chi connectivity index (χ1v) is 26.5. The number of carbonyl (C=O) groups excluding carboxylic acids is 2. The van der Waals surface area contributed by atoms with Gasteiger partial charge in [-0.25, -0.2) is 0 Å². The Morgan fingerprint density at radius 1 is 0.548 bits per heavy atom. The number of allylic oxidation sites excluding steroid dienone is 4. The van der Waals surface area contributed by atoms with Crippen LogP contribution in [0.4, 0.5) is 0 Å². The minimum absolute atomic E-state index is 0.162. The molecule has 0 saturated carbocycles. The predicted molar refractivity (Wildman–Crippen MR) is 247 cm³/mol. The minimum atomic E-state index is -4.60. The monoisotopic (exact) mass is 903 g/mol. The minimum Gasteiger partial charge on any atom is -0.462 e. The summed E-state index contributed by atoms with van der Waals surface area (Å²) in [5.74, 6) is -2.01. The van der Waals surface area contributed by atoms with Crippen LogP contribution in [0.15, 0.2) is 24.3 Å². The molecule has 0 aromatic heterocycles. The molecule has 1 fully saturated rings. The second kappa shape index (κ2) is 39.5. The highest BCUT2D eigenvalue weighted by Crippen LogP contribution is 2.24. The first kappa shape index (κ1) is 58.1. The van der Waals surface area contributed by atoms with E-state index in [1.807, 2.05) is 0 Å². The van der Waals surface area contributed by atoms with E-state index in [2.05, 4.69) is 38.2 Å². The van der Waals surface area contributed by atoms with Gasteiger partial charge in [-0.2, -0.15) is 8.42 Å². The van der Waals surface area contributed by atoms with Crippen molar-refractivity contribution in [2.24, 2.45) is 0 Å². The third kappa shape index (κ3) is 33.6. The Bertz CT molecular complexity index is 1240. The fraction of sp³-hybridized carbons (Fsp3) is 0.878. The predicted octanol–water partition coefficient (Wildman–Crippen LogP) is 10.8. The Morgan fingerprint density at radius 2 is 0.968 bits per heavy atom. The second-order valence-electron chi connectivity index (χ2n) is 17.5. The lowest BCUT2D eigenvalue weighted by Crippen LogP contribution is -2.60. The summed E-state index contributed by atoms with van der Waals surface area (Å²) in [4.78, 5) is 25.5. The Balaban J connectivity index is 2.40. The first-order valence-electron chi connectivity index (χ1n) is 24.9. The van der Waals surface area contributed by atoms with Gasteiger partial charge in [0.2, 0.25) is 0 Å². The first-order chi connectivity index (χ1) is 30.0. The quantitative estimate of drug-likeness (QED) is 0.0197. The maximum atomic E-state index is 12.9. The number of hydrogen-bond donors (Lipinski definition) is 4. The molecule has 0 aromatic rings. The standard InChI is InChI=1S/C49H90O12S/c1-3-5-7-9-11-13-15-17-19-20-21-22-24-26-28-30-32-34-36-38-45(51)60-42(40-59-49-48(54)47(53)46(52)43(61-49)41-62(55,56)57)39-58-44(50)37-35-33-31-29-27-25-23-18-16-14-12-10-8-6-4-2/h18,23,27,29,42-43,46-49,52-54H,3-17,19-22,24-26,28,30-41H2,1-2H3,(H,55,56,57)/b23-18+,29-27+/t42-,43-,46-,47?,48?,49+/m1/s1. The molecule has 13 heteroatoms. The number of esters is 2. The molecule has 2 unspecified atom stereocenters. The van der Waals surface area contributed by atoms with Gasteiger partial charge in [0, 0.05) is 12.8 Å². The molecule has 4 N–H and O–H groups in total. The van der Waals surface area contributed by atoms with E-state index in [9.17, 15) is 37.9 Å². The SMILES string of the molecule is CCCCCCCC/C=C/C/C=C/CCCCC(=O)OC[C@H](CO[C@H]1O[C@H](CS(=O)(=O)O)[C@@H](O)C(O)C1O)OC(=O)CCCCCCCCCCCCCCCCCCCCC. The lowest BCUT2D eigenvalue weighted by molar-refractivity contribution is -0.297. The summed E-state index contributed by atoms with van der Waals surface area (Å²) in [7, 11) is -4.60. The number of rotatable bonds is 42. The van der Waals surface area contributed by atoms with Crippen molar-refractivity contribution in [3.05, 3.63) is 24.3 Å². The molecular formula is C49H90O12S. The van der Waals surface area contributed by atoms with E-state index >= 15 is 0 Å². The van der Waals surface area contributed by atoms with E-state index in [1.165, 1.54) is 135 Å². The van der Waals surface area contributed by atoms with Crippen LogP contribution in [-0.2, 0) is 38.7 Å². The summed E-state index contributed by atoms with van der Waals surface area (Å²) in [5.41, 5.74) is 0. The Hall–Kier alpha value is -1.87. The molecule has 6 atom stereocenters. The fourth-order valence-corrected chi connectivity index (χ4v) is 8.34. The maximum Gasteiger partial charge on any atom is 0.306 e. The molecule has 364 valence electrons. The summed E-state index contributed by atoms with van der Waals surface area (Å²) in [6.45, 7) is 3.75. The average Bonchev–Trinajstić information content (AvgIpc) is 3.24. The van der Waals surface area contributed by atoms with Gasteiger partial charge in [-0.15, -0.1) is 0 Å². The Kier molecular flexibility index (Phi) is 37.0. The van der Waals surface area contributed by atoms with Gasteiger partial charge in [-0.05, 0) is 44.9 Å². The lowest BCUT2D eigenvalue weighted by atomic mass is 10.00. The van der Waals surface area contributed by atoms with Crippen LogP contribution >= 0.6 is 0 Å². The zero-order valence-corrected chi connectivity index (χ0v) is 39.8. The van der Waals surface area contributed by atoms with E-state index in [4.69, 9.17) is 18.9 Å². The molecule has 12 nitrogen and oxygen atoms in total. The molecule has 1 aliphatic rings. The molecule has 0 radical (unpaired) electrons. The number of unbranched alkanes of at least 4 members (excludes halogenated alkanes) is 26. The topological polar surface area (TPSA) is 186 Å². The van der Waals surface area contributed by atoms with Crippen LogP contribution in [0.1, 0.15) is 219 Å². The molecule has 0 amide bonds. The molecule has 0 aliphatic carbocycles. The Morgan fingerprint density at radius 3 is 1.45 bits per heavy atom. The van der Waals surface area contributed by atoms with Gasteiger partial charge >= 0.3 is 11.9 Å². The van der Waals surface area contributed by atoms with Crippen LogP contribution in [0.25, 0.3) is 0 Å². The van der Waals surface area contributed by atoms with Crippen LogP contribution in [-0.4, -0.2) is 96.0 Å². The van der Waals surface area contributed by atoms with Crippen molar-refractivity contribution in [3.63, 3.8) is 0 Å². The number of aliphatic hydroxyl groups excluding tert-OH is 3. The van der Waals surface area contributed by atoms with Crippen LogP contribution in [0.5, 0.6) is 0 Å². The summed E-state index contributed by atoms with van der Waals surface area (Å²) in [6.07, 6.45) is 35.1. The van der Waals surface area contributed by atoms with E-state index in [1.54, 1.807) is 0 Å². The molecule has 1 heterocycles. The van der Waals surface area contributed by atoms with E-state index in [-0.39, 0.29) is 19.4 Å². The summed E-state index contributed by atoms with van der Waals surface area (Å²) >= 11 is 0. The zero-order valence-electron chi connectivity index (χ0n) is 39.0. The van der Waals surface area contributed by atoms with Gasteiger partial charge < -0.3 is 34.3 Å². The molecular weight excluding hydrogens is 813 g/mol. The van der Waals surface area contributed by atoms with Gasteiger partial charge in [0.05, 0.1) is 6.61 Å². The van der Waals surface area contributed by atoms with Crippen LogP contribution in [0.3, 0.4) is 0 Å². The number of hydrogen-bond acceptors (Lipinski definition) is 11. The van der Waals surface area contributed by atoms with Crippen molar-refractivity contribution < 1.29 is 56.8 Å². The summed E-state index contributed by atoms with van der Waals surface area (Å²) < 4.78 is 54.1. The van der Waals surface area contributed by atoms with Crippen molar-refractivity contribution in [3.8, 4) is 0 Å². The highest BCUT2D eigenvalue weighted by Gasteiger charge is 2.46. The van der Waals surface area contributed by atoms with E-state index in [0.717, 1.165) is 44.9 Å². The van der Waals surface area contributed by atoms with Crippen molar-refractivity contribution in [1.82, 2.24) is 0 Å².